The Bertz CT molecular complexity index is 1400. The largest absolute Gasteiger partial charge is 0.496 e. The molecule has 1 N–H and O–H groups in total. The second-order valence-corrected chi connectivity index (χ2v) is 10.2. The van der Waals surface area contributed by atoms with E-state index in [0.29, 0.717) is 11.7 Å². The molecule has 0 saturated carbocycles. The molecule has 4 aromatic rings. The molecule has 0 radical (unpaired) electrons. The van der Waals surface area contributed by atoms with Crippen molar-refractivity contribution in [3.63, 3.8) is 0 Å². The van der Waals surface area contributed by atoms with Crippen LogP contribution in [0.4, 0.5) is 0 Å². The van der Waals surface area contributed by atoms with Crippen molar-refractivity contribution in [3.8, 4) is 11.4 Å². The van der Waals surface area contributed by atoms with Crippen molar-refractivity contribution in [1.29, 1.82) is 0 Å². The monoisotopic (exact) mass is 491 g/mol. The molecule has 0 fully saturated rings. The summed E-state index contributed by atoms with van der Waals surface area (Å²) in [5, 5.41) is 4.22. The number of ether oxygens (including phenoxy) is 1. The summed E-state index contributed by atoms with van der Waals surface area (Å²) in [6.45, 7) is 0.374. The maximum atomic E-state index is 13.7. The lowest BCUT2D eigenvalue weighted by molar-refractivity contribution is -0.118. The van der Waals surface area contributed by atoms with Gasteiger partial charge in [-0.05, 0) is 49.4 Å². The van der Waals surface area contributed by atoms with Gasteiger partial charge in [0.15, 0.2) is 5.16 Å². The molecule has 0 spiro atoms. The maximum absolute atomic E-state index is 13.7. The number of amides is 1. The predicted octanol–water partition coefficient (Wildman–Crippen LogP) is 4.74. The summed E-state index contributed by atoms with van der Waals surface area (Å²) in [6, 6.07) is 17.1. The number of para-hydroxylation sites is 2. The minimum Gasteiger partial charge on any atom is -0.496 e. The predicted molar refractivity (Wildman–Crippen MR) is 137 cm³/mol. The maximum Gasteiger partial charge on any atom is 0.267 e. The fourth-order valence-corrected chi connectivity index (χ4v) is 6.46. The zero-order valence-corrected chi connectivity index (χ0v) is 20.5. The molecule has 34 heavy (non-hydrogen) atoms. The molecule has 5 rings (SSSR count). The summed E-state index contributed by atoms with van der Waals surface area (Å²) in [5.74, 6) is 0.767. The van der Waals surface area contributed by atoms with E-state index in [1.54, 1.807) is 23.0 Å². The van der Waals surface area contributed by atoms with E-state index in [-0.39, 0.29) is 17.2 Å². The van der Waals surface area contributed by atoms with Gasteiger partial charge in [-0.15, -0.1) is 11.3 Å². The minimum atomic E-state index is -0.129. The number of thiophene rings is 1. The Hall–Kier alpha value is -3.10. The van der Waals surface area contributed by atoms with Crippen molar-refractivity contribution in [2.75, 3.05) is 12.9 Å². The molecular weight excluding hydrogens is 466 g/mol. The number of aryl methyl sites for hydroxylation is 2. The Morgan fingerprint density at radius 2 is 1.88 bits per heavy atom. The molecule has 0 unspecified atom stereocenters. The number of methoxy groups -OCH3 is 1. The van der Waals surface area contributed by atoms with Crippen LogP contribution in [0, 0.1) is 0 Å². The van der Waals surface area contributed by atoms with Crippen LogP contribution in [0.1, 0.15) is 28.8 Å². The summed E-state index contributed by atoms with van der Waals surface area (Å²) in [7, 11) is 1.61. The Morgan fingerprint density at radius 1 is 1.12 bits per heavy atom. The van der Waals surface area contributed by atoms with Crippen molar-refractivity contribution >= 4 is 39.2 Å². The Kier molecular flexibility index (Phi) is 6.69. The Labute approximate surface area is 206 Å². The number of hydrogen-bond acceptors (Lipinski definition) is 6. The van der Waals surface area contributed by atoms with Crippen molar-refractivity contribution < 1.29 is 9.53 Å². The molecule has 2 heterocycles. The number of hydrogen-bond donors (Lipinski definition) is 1. The molecule has 6 nitrogen and oxygen atoms in total. The molecule has 0 bridgehead atoms. The molecule has 0 saturated heterocycles. The first-order valence-corrected chi connectivity index (χ1v) is 13.1. The highest BCUT2D eigenvalue weighted by molar-refractivity contribution is 7.99. The highest BCUT2D eigenvalue weighted by Crippen LogP contribution is 2.35. The average molecular weight is 492 g/mol. The molecule has 1 amide bonds. The summed E-state index contributed by atoms with van der Waals surface area (Å²) < 4.78 is 7.01. The summed E-state index contributed by atoms with van der Waals surface area (Å²) in [6.07, 6.45) is 4.20. The number of thioether (sulfide) groups is 1. The van der Waals surface area contributed by atoms with E-state index >= 15 is 0 Å². The van der Waals surface area contributed by atoms with Crippen LogP contribution in [0.3, 0.4) is 0 Å². The van der Waals surface area contributed by atoms with Gasteiger partial charge in [-0.2, -0.15) is 0 Å². The van der Waals surface area contributed by atoms with Gasteiger partial charge in [-0.3, -0.25) is 14.2 Å². The van der Waals surface area contributed by atoms with Crippen LogP contribution in [0.2, 0.25) is 0 Å². The van der Waals surface area contributed by atoms with Gasteiger partial charge in [0.2, 0.25) is 5.91 Å². The molecule has 2 aromatic heterocycles. The van der Waals surface area contributed by atoms with Gasteiger partial charge in [-0.25, -0.2) is 4.98 Å². The second kappa shape index (κ2) is 10.0. The number of benzene rings is 2. The van der Waals surface area contributed by atoms with E-state index in [1.807, 2.05) is 54.6 Å². The summed E-state index contributed by atoms with van der Waals surface area (Å²) in [4.78, 5) is 33.3. The molecule has 1 aliphatic carbocycles. The third-order valence-corrected chi connectivity index (χ3v) is 8.10. The van der Waals surface area contributed by atoms with Gasteiger partial charge in [0.1, 0.15) is 10.6 Å². The highest BCUT2D eigenvalue weighted by Gasteiger charge is 2.23. The molecule has 2 aromatic carbocycles. The van der Waals surface area contributed by atoms with E-state index in [1.165, 1.54) is 22.2 Å². The fraction of sp³-hybridized carbons (Fsp3) is 0.269. The van der Waals surface area contributed by atoms with Gasteiger partial charge < -0.3 is 10.1 Å². The van der Waals surface area contributed by atoms with E-state index in [2.05, 4.69) is 5.32 Å². The van der Waals surface area contributed by atoms with E-state index < -0.39 is 0 Å². The van der Waals surface area contributed by atoms with Crippen LogP contribution in [-0.4, -0.2) is 28.3 Å². The molecule has 8 heteroatoms. The number of nitrogens with zero attached hydrogens (tertiary/aromatic N) is 2. The van der Waals surface area contributed by atoms with Crippen molar-refractivity contribution in [2.24, 2.45) is 0 Å². The van der Waals surface area contributed by atoms with Crippen molar-refractivity contribution in [1.82, 2.24) is 14.9 Å². The zero-order valence-electron chi connectivity index (χ0n) is 18.9. The summed E-state index contributed by atoms with van der Waals surface area (Å²) in [5.41, 5.74) is 2.79. The second-order valence-electron chi connectivity index (χ2n) is 8.14. The van der Waals surface area contributed by atoms with Gasteiger partial charge in [-0.1, -0.05) is 48.2 Å². The van der Waals surface area contributed by atoms with Crippen LogP contribution >= 0.6 is 23.1 Å². The number of rotatable bonds is 7. The quantitative estimate of drug-likeness (QED) is 0.299. The van der Waals surface area contributed by atoms with Gasteiger partial charge >= 0.3 is 0 Å². The fourth-order valence-electron chi connectivity index (χ4n) is 4.31. The van der Waals surface area contributed by atoms with Gasteiger partial charge in [0.25, 0.3) is 5.56 Å². The third kappa shape index (κ3) is 4.48. The van der Waals surface area contributed by atoms with Crippen molar-refractivity contribution in [2.45, 2.75) is 37.4 Å². The molecule has 174 valence electrons. The lowest BCUT2D eigenvalue weighted by Gasteiger charge is -2.14. The first kappa shape index (κ1) is 22.7. The molecule has 1 aliphatic rings. The lowest BCUT2D eigenvalue weighted by Crippen LogP contribution is -2.26. The number of nitrogens with one attached hydrogen (secondary N) is 1. The molecule has 0 aliphatic heterocycles. The number of aromatic nitrogens is 2. The zero-order chi connectivity index (χ0) is 23.5. The lowest BCUT2D eigenvalue weighted by atomic mass is 9.97. The van der Waals surface area contributed by atoms with Crippen LogP contribution in [0.5, 0.6) is 5.75 Å². The van der Waals surface area contributed by atoms with Crippen molar-refractivity contribution in [3.05, 3.63) is 81.0 Å². The first-order valence-electron chi connectivity index (χ1n) is 11.3. The Balaban J connectivity index is 1.43. The number of carbonyl (C=O) groups is 1. The number of fused-ring (bicyclic) bond motifs is 3. The minimum absolute atomic E-state index is 0.0486. The van der Waals surface area contributed by atoms with Gasteiger partial charge in [0, 0.05) is 17.0 Å². The van der Waals surface area contributed by atoms with Crippen LogP contribution in [0.25, 0.3) is 15.9 Å². The van der Waals surface area contributed by atoms with Crippen LogP contribution in [0.15, 0.2) is 64.5 Å². The van der Waals surface area contributed by atoms with Gasteiger partial charge in [0.05, 0.1) is 23.9 Å². The molecular formula is C26H25N3O3S2. The molecule has 0 atom stereocenters. The normalized spacial score (nSPS) is 13.0. The highest BCUT2D eigenvalue weighted by atomic mass is 32.2. The van der Waals surface area contributed by atoms with Crippen LogP contribution in [-0.2, 0) is 24.2 Å². The van der Waals surface area contributed by atoms with E-state index in [9.17, 15) is 9.59 Å². The topological polar surface area (TPSA) is 73.2 Å². The SMILES string of the molecule is COc1ccccc1CNC(=O)CSc1nc2sc3c(c2c(=O)n1-c1ccccc1)CCCC3. The van der Waals surface area contributed by atoms with E-state index in [0.717, 1.165) is 52.9 Å². The Morgan fingerprint density at radius 3 is 2.71 bits per heavy atom. The smallest absolute Gasteiger partial charge is 0.267 e. The number of carbonyl (C=O) groups excluding carboxylic acids is 1. The summed E-state index contributed by atoms with van der Waals surface area (Å²) >= 11 is 2.91. The average Bonchev–Trinajstić information content (AvgIpc) is 3.25. The standard InChI is InChI=1S/C26H25N3O3S2/c1-32-20-13-7-5-9-17(20)15-27-22(30)16-33-26-28-24-23(19-12-6-8-14-21(19)34-24)25(31)29(26)18-10-3-2-4-11-18/h2-5,7,9-11,13H,6,8,12,14-16H2,1H3,(H,27,30). The first-order chi connectivity index (χ1) is 16.7. The van der Waals surface area contributed by atoms with Crippen LogP contribution < -0.4 is 15.6 Å². The van der Waals surface area contributed by atoms with E-state index in [4.69, 9.17) is 9.72 Å². The third-order valence-electron chi connectivity index (χ3n) is 5.97.